The van der Waals surface area contributed by atoms with Gasteiger partial charge in [-0.2, -0.15) is 0 Å². The van der Waals surface area contributed by atoms with E-state index in [0.717, 1.165) is 12.3 Å². The van der Waals surface area contributed by atoms with Gasteiger partial charge in [0.2, 0.25) is 0 Å². The maximum absolute atomic E-state index is 11.4. The maximum Gasteiger partial charge on any atom is 0.271 e. The van der Waals surface area contributed by atoms with E-state index in [1.165, 1.54) is 12.7 Å². The average molecular weight is 318 g/mol. The highest BCUT2D eigenvalue weighted by molar-refractivity contribution is 5.61. The number of rotatable bonds is 9. The summed E-state index contributed by atoms with van der Waals surface area (Å²) >= 11 is 0. The molecule has 0 aliphatic heterocycles. The summed E-state index contributed by atoms with van der Waals surface area (Å²) in [7, 11) is 5.43. The van der Waals surface area contributed by atoms with E-state index in [4.69, 9.17) is 9.47 Å². The quantitative estimate of drug-likeness (QED) is 0.554. The van der Waals surface area contributed by atoms with Gasteiger partial charge in [0, 0.05) is 13.1 Å². The average Bonchev–Trinajstić information content (AvgIpc) is 2.52. The number of anilines is 1. The number of hydrogen-bond acceptors (Lipinski definition) is 6. The topological polar surface area (TPSA) is 67.9 Å². The second kappa shape index (κ2) is 7.78. The van der Waals surface area contributed by atoms with E-state index in [1.54, 1.807) is 0 Å². The Kier molecular flexibility index (Phi) is 5.76. The van der Waals surface area contributed by atoms with Crippen molar-refractivity contribution < 1.29 is 9.47 Å². The molecule has 0 aliphatic rings. The van der Waals surface area contributed by atoms with Crippen molar-refractivity contribution in [3.63, 3.8) is 0 Å². The molecule has 0 saturated carbocycles. The molecule has 0 spiro atoms. The summed E-state index contributed by atoms with van der Waals surface area (Å²) in [6, 6.07) is 7.98. The van der Waals surface area contributed by atoms with Crippen LogP contribution in [0.15, 0.2) is 33.9 Å². The Morgan fingerprint density at radius 1 is 1.17 bits per heavy atom. The molecule has 0 bridgehead atoms. The van der Waals surface area contributed by atoms with Crippen LogP contribution in [0.25, 0.3) is 0 Å². The third-order valence-corrected chi connectivity index (χ3v) is 3.36. The van der Waals surface area contributed by atoms with E-state index in [9.17, 15) is 9.59 Å². The number of benzene rings is 1. The summed E-state index contributed by atoms with van der Waals surface area (Å²) in [5, 5.41) is 2.92. The van der Waals surface area contributed by atoms with Gasteiger partial charge in [-0.1, -0.05) is 12.1 Å². The zero-order valence-electron chi connectivity index (χ0n) is 13.7. The standard InChI is InChI=1S/C17H22N2O4/c1-19(2)11-12-6-4-7-13(10-12)23-9-5-8-18-14-15(20)16(21)17(14)22-3/h4,6-7,10,18H,5,8-9,11H2,1-3H3. The molecule has 0 unspecified atom stereocenters. The zero-order chi connectivity index (χ0) is 16.8. The second-order valence-electron chi connectivity index (χ2n) is 5.58. The van der Waals surface area contributed by atoms with Gasteiger partial charge in [-0.3, -0.25) is 9.59 Å². The number of nitrogens with zero attached hydrogens (tertiary/aromatic N) is 1. The largest absolute Gasteiger partial charge is 0.494 e. The highest BCUT2D eigenvalue weighted by Gasteiger charge is 2.20. The molecule has 2 aromatic carbocycles. The predicted molar refractivity (Wildman–Crippen MR) is 90.3 cm³/mol. The van der Waals surface area contributed by atoms with Crippen molar-refractivity contribution in [3.05, 3.63) is 50.3 Å². The number of methoxy groups -OCH3 is 1. The van der Waals surface area contributed by atoms with Crippen LogP contribution in [0.2, 0.25) is 0 Å². The lowest BCUT2D eigenvalue weighted by atomic mass is 10.2. The van der Waals surface area contributed by atoms with Gasteiger partial charge in [0.1, 0.15) is 11.4 Å². The monoisotopic (exact) mass is 318 g/mol. The minimum absolute atomic E-state index is 0.118. The first-order chi connectivity index (χ1) is 11.0. The van der Waals surface area contributed by atoms with Crippen LogP contribution >= 0.6 is 0 Å². The van der Waals surface area contributed by atoms with E-state index in [0.29, 0.717) is 19.6 Å². The second-order valence-corrected chi connectivity index (χ2v) is 5.58. The van der Waals surface area contributed by atoms with Crippen molar-refractivity contribution in [3.8, 4) is 11.5 Å². The molecule has 2 aromatic rings. The lowest BCUT2D eigenvalue weighted by Crippen LogP contribution is -2.35. The molecule has 0 aliphatic carbocycles. The Morgan fingerprint density at radius 2 is 1.96 bits per heavy atom. The van der Waals surface area contributed by atoms with Crippen molar-refractivity contribution in [1.82, 2.24) is 4.90 Å². The van der Waals surface area contributed by atoms with Gasteiger partial charge >= 0.3 is 0 Å². The number of nitrogens with one attached hydrogen (secondary N) is 1. The van der Waals surface area contributed by atoms with Crippen LogP contribution in [-0.2, 0) is 6.54 Å². The third kappa shape index (κ3) is 4.32. The molecule has 0 amide bonds. The molecule has 0 radical (unpaired) electrons. The van der Waals surface area contributed by atoms with Crippen LogP contribution < -0.4 is 25.6 Å². The molecule has 0 saturated heterocycles. The van der Waals surface area contributed by atoms with Crippen molar-refractivity contribution in [2.24, 2.45) is 0 Å². The van der Waals surface area contributed by atoms with Crippen LogP contribution in [0.5, 0.6) is 11.5 Å². The summed E-state index contributed by atoms with van der Waals surface area (Å²) in [5.74, 6) is 0.948. The van der Waals surface area contributed by atoms with Crippen molar-refractivity contribution >= 4 is 5.69 Å². The van der Waals surface area contributed by atoms with Crippen molar-refractivity contribution in [1.29, 1.82) is 0 Å². The summed E-state index contributed by atoms with van der Waals surface area (Å²) in [6.07, 6.45) is 0.708. The molecule has 0 fully saturated rings. The van der Waals surface area contributed by atoms with Gasteiger partial charge in [0.15, 0.2) is 5.75 Å². The molecule has 0 aromatic heterocycles. The molecular weight excluding hydrogens is 296 g/mol. The lowest BCUT2D eigenvalue weighted by molar-refractivity contribution is 0.313. The van der Waals surface area contributed by atoms with Crippen LogP contribution in [-0.4, -0.2) is 39.3 Å². The Balaban J connectivity index is 1.74. The minimum Gasteiger partial charge on any atom is -0.494 e. The molecule has 0 atom stereocenters. The fourth-order valence-corrected chi connectivity index (χ4v) is 2.30. The zero-order valence-corrected chi connectivity index (χ0v) is 13.7. The van der Waals surface area contributed by atoms with Gasteiger partial charge in [-0.05, 0) is 38.2 Å². The van der Waals surface area contributed by atoms with Gasteiger partial charge in [-0.25, -0.2) is 0 Å². The van der Waals surface area contributed by atoms with E-state index >= 15 is 0 Å². The van der Waals surface area contributed by atoms with Gasteiger partial charge in [0.05, 0.1) is 13.7 Å². The fourth-order valence-electron chi connectivity index (χ4n) is 2.30. The molecule has 0 heterocycles. The highest BCUT2D eigenvalue weighted by atomic mass is 16.5. The smallest absolute Gasteiger partial charge is 0.271 e. The lowest BCUT2D eigenvalue weighted by Gasteiger charge is -2.13. The normalized spacial score (nSPS) is 11.0. The van der Waals surface area contributed by atoms with Gasteiger partial charge < -0.3 is 19.7 Å². The van der Waals surface area contributed by atoms with Crippen molar-refractivity contribution in [2.45, 2.75) is 13.0 Å². The molecule has 1 N–H and O–H groups in total. The van der Waals surface area contributed by atoms with E-state index in [2.05, 4.69) is 16.3 Å². The van der Waals surface area contributed by atoms with Crippen molar-refractivity contribution in [2.75, 3.05) is 39.7 Å². The molecule has 6 heteroatoms. The fraction of sp³-hybridized carbons (Fsp3) is 0.412. The van der Waals surface area contributed by atoms with E-state index < -0.39 is 10.9 Å². The van der Waals surface area contributed by atoms with E-state index in [1.807, 2.05) is 32.3 Å². The molecule has 2 rings (SSSR count). The van der Waals surface area contributed by atoms with E-state index in [-0.39, 0.29) is 11.4 Å². The van der Waals surface area contributed by atoms with Crippen LogP contribution in [0.3, 0.4) is 0 Å². The third-order valence-electron chi connectivity index (χ3n) is 3.36. The SMILES string of the molecule is COc1c(NCCCOc2cccc(CN(C)C)c2)c(=O)c1=O. The first-order valence-corrected chi connectivity index (χ1v) is 7.50. The Hall–Kier alpha value is -2.34. The summed E-state index contributed by atoms with van der Waals surface area (Å²) in [4.78, 5) is 24.6. The van der Waals surface area contributed by atoms with Crippen LogP contribution in [0.1, 0.15) is 12.0 Å². The Bertz CT molecular complexity index is 718. The molecule has 6 nitrogen and oxygen atoms in total. The van der Waals surface area contributed by atoms with Gasteiger partial charge in [0.25, 0.3) is 10.9 Å². The van der Waals surface area contributed by atoms with Gasteiger partial charge in [-0.15, -0.1) is 0 Å². The number of hydrogen-bond donors (Lipinski definition) is 1. The molecular formula is C17H22N2O4. The first kappa shape index (κ1) is 17.0. The predicted octanol–water partition coefficient (Wildman–Crippen LogP) is 1.23. The Morgan fingerprint density at radius 3 is 2.65 bits per heavy atom. The summed E-state index contributed by atoms with van der Waals surface area (Å²) in [5.41, 5.74) is 0.382. The summed E-state index contributed by atoms with van der Waals surface area (Å²) in [6.45, 7) is 1.93. The first-order valence-electron chi connectivity index (χ1n) is 7.50. The highest BCUT2D eigenvalue weighted by Crippen LogP contribution is 2.17. The summed E-state index contributed by atoms with van der Waals surface area (Å²) < 4.78 is 10.6. The maximum atomic E-state index is 11.4. The Labute approximate surface area is 135 Å². The number of ether oxygens (including phenoxy) is 2. The molecule has 23 heavy (non-hydrogen) atoms. The van der Waals surface area contributed by atoms with Crippen LogP contribution in [0, 0.1) is 0 Å². The van der Waals surface area contributed by atoms with Crippen LogP contribution in [0.4, 0.5) is 5.69 Å². The minimum atomic E-state index is -0.566. The molecule has 124 valence electrons.